The fraction of sp³-hybridized carbons (Fsp3) is 0.556. The number of hydrogen-bond donors (Lipinski definition) is 2. The van der Waals surface area contributed by atoms with E-state index in [4.69, 9.17) is 4.74 Å². The van der Waals surface area contributed by atoms with E-state index < -0.39 is 18.0 Å². The summed E-state index contributed by atoms with van der Waals surface area (Å²) in [5.74, 6) is -1.14. The minimum absolute atomic E-state index is 0.0689. The quantitative estimate of drug-likeness (QED) is 0.679. The van der Waals surface area contributed by atoms with Crippen LogP contribution in [0.4, 0.5) is 0 Å². The minimum Gasteiger partial charge on any atom is -0.375 e. The lowest BCUT2D eigenvalue weighted by Crippen LogP contribution is -2.63. The molecule has 3 heterocycles. The normalized spacial score (nSPS) is 22.5. The summed E-state index contributed by atoms with van der Waals surface area (Å²) in [7, 11) is 1.43. The largest absolute Gasteiger partial charge is 0.375 e. The molecule has 2 fully saturated rings. The fourth-order valence-electron chi connectivity index (χ4n) is 3.41. The number of nitrogens with one attached hydrogen (secondary N) is 2. The van der Waals surface area contributed by atoms with E-state index in [2.05, 4.69) is 10.6 Å². The van der Waals surface area contributed by atoms with Gasteiger partial charge in [0, 0.05) is 26.7 Å². The van der Waals surface area contributed by atoms with Gasteiger partial charge in [-0.3, -0.25) is 19.2 Å². The molecule has 152 valence electrons. The lowest BCUT2D eigenvalue weighted by molar-refractivity contribution is -0.141. The molecule has 1 aromatic rings. The topological polar surface area (TPSA) is 108 Å². The molecule has 0 saturated carbocycles. The summed E-state index contributed by atoms with van der Waals surface area (Å²) in [6, 6.07) is 2.00. The molecule has 2 N–H and O–H groups in total. The first-order valence-corrected chi connectivity index (χ1v) is 10.1. The van der Waals surface area contributed by atoms with Crippen LogP contribution in [0.3, 0.4) is 0 Å². The number of piperazine rings is 1. The Morgan fingerprint density at radius 3 is 2.86 bits per heavy atom. The zero-order valence-corrected chi connectivity index (χ0v) is 16.5. The maximum Gasteiger partial charge on any atom is 0.264 e. The Hall–Kier alpha value is -2.46. The standard InChI is InChI=1S/C18H24N4O5S/c1-27-11-15(23)21-7-8-22(18(26)14-5-3-9-28-14)13(10-21)17(25)20-12-4-2-6-19-16(12)24/h3,5,9,12-13H,2,4,6-8,10-11H2,1H3,(H,19,24)(H,20,25)/t12-,13-/m1/s1. The Morgan fingerprint density at radius 1 is 1.36 bits per heavy atom. The number of thiophene rings is 1. The molecule has 0 aliphatic carbocycles. The molecule has 10 heteroatoms. The van der Waals surface area contributed by atoms with E-state index in [1.807, 2.05) is 0 Å². The minimum atomic E-state index is -0.862. The maximum atomic E-state index is 13.0. The zero-order valence-electron chi connectivity index (χ0n) is 15.7. The summed E-state index contributed by atoms with van der Waals surface area (Å²) in [4.78, 5) is 53.6. The number of ether oxygens (including phenoxy) is 1. The van der Waals surface area contributed by atoms with E-state index in [-0.39, 0.29) is 37.4 Å². The van der Waals surface area contributed by atoms with Gasteiger partial charge in [-0.15, -0.1) is 11.3 Å². The van der Waals surface area contributed by atoms with E-state index in [9.17, 15) is 19.2 Å². The third-order valence-electron chi connectivity index (χ3n) is 4.90. The SMILES string of the molecule is COCC(=O)N1CCN(C(=O)c2cccs2)[C@@H](C(=O)N[C@@H]2CCCNC2=O)C1. The van der Waals surface area contributed by atoms with Crippen LogP contribution in [-0.4, -0.2) is 85.4 Å². The second-order valence-electron chi connectivity index (χ2n) is 6.76. The maximum absolute atomic E-state index is 13.0. The molecule has 2 aliphatic rings. The van der Waals surface area contributed by atoms with Crippen molar-refractivity contribution in [3.05, 3.63) is 22.4 Å². The molecule has 0 radical (unpaired) electrons. The molecule has 2 atom stereocenters. The van der Waals surface area contributed by atoms with Crippen molar-refractivity contribution in [3.8, 4) is 0 Å². The van der Waals surface area contributed by atoms with Crippen LogP contribution in [0.5, 0.6) is 0 Å². The third-order valence-corrected chi connectivity index (χ3v) is 5.76. The first-order chi connectivity index (χ1) is 13.5. The molecule has 0 unspecified atom stereocenters. The van der Waals surface area contributed by atoms with Gasteiger partial charge in [0.15, 0.2) is 0 Å². The Labute approximate surface area is 167 Å². The van der Waals surface area contributed by atoms with Gasteiger partial charge in [0.25, 0.3) is 5.91 Å². The Balaban J connectivity index is 1.76. The predicted octanol–water partition coefficient (Wildman–Crippen LogP) is -0.558. The molecule has 0 spiro atoms. The van der Waals surface area contributed by atoms with Crippen molar-refractivity contribution in [2.45, 2.75) is 24.9 Å². The molecular weight excluding hydrogens is 384 g/mol. The molecular formula is C18H24N4O5S. The van der Waals surface area contributed by atoms with Crippen molar-refractivity contribution >= 4 is 35.0 Å². The zero-order chi connectivity index (χ0) is 20.1. The van der Waals surface area contributed by atoms with Gasteiger partial charge >= 0.3 is 0 Å². The van der Waals surface area contributed by atoms with E-state index in [1.54, 1.807) is 17.5 Å². The van der Waals surface area contributed by atoms with E-state index in [0.29, 0.717) is 24.4 Å². The van der Waals surface area contributed by atoms with E-state index >= 15 is 0 Å². The van der Waals surface area contributed by atoms with Crippen LogP contribution in [0.25, 0.3) is 0 Å². The van der Waals surface area contributed by atoms with Crippen molar-refractivity contribution < 1.29 is 23.9 Å². The Kier molecular flexibility index (Phi) is 6.63. The first-order valence-electron chi connectivity index (χ1n) is 9.20. The molecule has 4 amide bonds. The number of amides is 4. The highest BCUT2D eigenvalue weighted by Gasteiger charge is 2.39. The molecule has 1 aromatic heterocycles. The summed E-state index contributed by atoms with van der Waals surface area (Å²) in [5, 5.41) is 7.27. The average Bonchev–Trinajstić information content (AvgIpc) is 3.23. The van der Waals surface area contributed by atoms with Crippen LogP contribution in [-0.2, 0) is 19.1 Å². The number of nitrogens with zero attached hydrogens (tertiary/aromatic N) is 2. The second-order valence-corrected chi connectivity index (χ2v) is 7.71. The van der Waals surface area contributed by atoms with Crippen molar-refractivity contribution in [3.63, 3.8) is 0 Å². The van der Waals surface area contributed by atoms with Gasteiger partial charge in [0.05, 0.1) is 11.4 Å². The average molecular weight is 408 g/mol. The highest BCUT2D eigenvalue weighted by atomic mass is 32.1. The molecule has 9 nitrogen and oxygen atoms in total. The molecule has 0 aromatic carbocycles. The van der Waals surface area contributed by atoms with Crippen LogP contribution >= 0.6 is 11.3 Å². The second kappa shape index (κ2) is 9.16. The summed E-state index contributed by atoms with van der Waals surface area (Å²) in [6.45, 7) is 1.14. The number of hydrogen-bond acceptors (Lipinski definition) is 6. The smallest absolute Gasteiger partial charge is 0.264 e. The molecule has 2 aliphatic heterocycles. The highest BCUT2D eigenvalue weighted by Crippen LogP contribution is 2.18. The van der Waals surface area contributed by atoms with E-state index in [0.717, 1.165) is 6.42 Å². The number of methoxy groups -OCH3 is 1. The lowest BCUT2D eigenvalue weighted by Gasteiger charge is -2.40. The number of rotatable bonds is 5. The van der Waals surface area contributed by atoms with Gasteiger partial charge in [-0.1, -0.05) is 6.07 Å². The Bertz CT molecular complexity index is 738. The van der Waals surface area contributed by atoms with Crippen molar-refractivity contribution in [2.24, 2.45) is 0 Å². The van der Waals surface area contributed by atoms with Crippen LogP contribution in [0, 0.1) is 0 Å². The third kappa shape index (κ3) is 4.50. The van der Waals surface area contributed by atoms with Gasteiger partial charge in [-0.2, -0.15) is 0 Å². The van der Waals surface area contributed by atoms with Gasteiger partial charge in [0.2, 0.25) is 17.7 Å². The van der Waals surface area contributed by atoms with Crippen molar-refractivity contribution in [1.29, 1.82) is 0 Å². The predicted molar refractivity (Wildman–Crippen MR) is 102 cm³/mol. The van der Waals surface area contributed by atoms with Crippen LogP contribution in [0.15, 0.2) is 17.5 Å². The first kappa shape index (κ1) is 20.3. The van der Waals surface area contributed by atoms with Crippen LogP contribution in [0.1, 0.15) is 22.5 Å². The number of carbonyl (C=O) groups excluding carboxylic acids is 4. The van der Waals surface area contributed by atoms with Crippen LogP contribution < -0.4 is 10.6 Å². The number of carbonyl (C=O) groups is 4. The monoisotopic (exact) mass is 408 g/mol. The van der Waals surface area contributed by atoms with Gasteiger partial charge in [-0.05, 0) is 24.3 Å². The molecule has 28 heavy (non-hydrogen) atoms. The Morgan fingerprint density at radius 2 is 2.18 bits per heavy atom. The number of piperidine rings is 1. The summed E-state index contributed by atoms with van der Waals surface area (Å²) in [6.07, 6.45) is 1.33. The summed E-state index contributed by atoms with van der Waals surface area (Å²) < 4.78 is 4.90. The molecule has 2 saturated heterocycles. The van der Waals surface area contributed by atoms with Gasteiger partial charge in [-0.25, -0.2) is 0 Å². The summed E-state index contributed by atoms with van der Waals surface area (Å²) >= 11 is 1.30. The van der Waals surface area contributed by atoms with E-state index in [1.165, 1.54) is 28.2 Å². The lowest BCUT2D eigenvalue weighted by atomic mass is 10.0. The highest BCUT2D eigenvalue weighted by molar-refractivity contribution is 7.12. The van der Waals surface area contributed by atoms with Gasteiger partial charge in [0.1, 0.15) is 18.7 Å². The van der Waals surface area contributed by atoms with Crippen molar-refractivity contribution in [2.75, 3.05) is 39.9 Å². The van der Waals surface area contributed by atoms with Crippen LogP contribution in [0.2, 0.25) is 0 Å². The van der Waals surface area contributed by atoms with Gasteiger partial charge < -0.3 is 25.2 Å². The fourth-order valence-corrected chi connectivity index (χ4v) is 4.09. The van der Waals surface area contributed by atoms with Crippen molar-refractivity contribution in [1.82, 2.24) is 20.4 Å². The summed E-state index contributed by atoms with van der Waals surface area (Å²) in [5.41, 5.74) is 0. The molecule has 3 rings (SSSR count). The molecule has 0 bridgehead atoms.